The van der Waals surface area contributed by atoms with Crippen molar-refractivity contribution >= 4 is 46.5 Å². The zero-order chi connectivity index (χ0) is 19.6. The quantitative estimate of drug-likeness (QED) is 0.647. The van der Waals surface area contributed by atoms with Crippen LogP contribution >= 0.6 is 11.8 Å². The van der Waals surface area contributed by atoms with Crippen molar-refractivity contribution in [1.82, 2.24) is 0 Å². The topological polar surface area (TPSA) is 96.5 Å². The molecule has 2 rings (SSSR count). The number of hydrogen-bond acceptors (Lipinski definition) is 5. The van der Waals surface area contributed by atoms with E-state index < -0.39 is 0 Å². The third kappa shape index (κ3) is 7.02. The minimum absolute atomic E-state index is 0.146. The number of nitrogens with one attached hydrogen (secondary N) is 3. The highest BCUT2D eigenvalue weighted by Crippen LogP contribution is 2.23. The summed E-state index contributed by atoms with van der Waals surface area (Å²) in [6.07, 6.45) is 0. The molecule has 0 saturated heterocycles. The van der Waals surface area contributed by atoms with E-state index in [1.54, 1.807) is 42.5 Å². The second kappa shape index (κ2) is 10.2. The monoisotopic (exact) mass is 387 g/mol. The maximum atomic E-state index is 12.0. The van der Waals surface area contributed by atoms with Gasteiger partial charge in [0.25, 0.3) is 0 Å². The van der Waals surface area contributed by atoms with Gasteiger partial charge in [0.15, 0.2) is 0 Å². The van der Waals surface area contributed by atoms with Crippen molar-refractivity contribution in [1.29, 1.82) is 0 Å². The molecule has 8 heteroatoms. The fourth-order valence-corrected chi connectivity index (χ4v) is 2.83. The van der Waals surface area contributed by atoms with Gasteiger partial charge in [-0.25, -0.2) is 0 Å². The Kier molecular flexibility index (Phi) is 7.69. The van der Waals surface area contributed by atoms with Crippen LogP contribution in [0.4, 0.5) is 17.1 Å². The van der Waals surface area contributed by atoms with Crippen molar-refractivity contribution < 1.29 is 19.1 Å². The summed E-state index contributed by atoms with van der Waals surface area (Å²) in [5.41, 5.74) is 1.87. The van der Waals surface area contributed by atoms with E-state index >= 15 is 0 Å². The molecule has 0 aliphatic carbocycles. The molecule has 0 heterocycles. The normalized spacial score (nSPS) is 10.0. The van der Waals surface area contributed by atoms with E-state index in [0.29, 0.717) is 22.8 Å². The Bertz CT molecular complexity index is 809. The number of methoxy groups -OCH3 is 1. The van der Waals surface area contributed by atoms with E-state index in [0.717, 1.165) is 0 Å². The van der Waals surface area contributed by atoms with Crippen LogP contribution in [0.15, 0.2) is 48.5 Å². The number of carbonyl (C=O) groups excluding carboxylic acids is 3. The number of anilines is 3. The summed E-state index contributed by atoms with van der Waals surface area (Å²) in [6, 6.07) is 13.9. The molecule has 2 aromatic rings. The first-order valence-corrected chi connectivity index (χ1v) is 9.31. The Morgan fingerprint density at radius 3 is 2.00 bits per heavy atom. The minimum Gasteiger partial charge on any atom is -0.495 e. The Hall–Kier alpha value is -3.00. The van der Waals surface area contributed by atoms with E-state index in [2.05, 4.69) is 16.0 Å². The molecule has 0 fully saturated rings. The van der Waals surface area contributed by atoms with Crippen LogP contribution in [0.2, 0.25) is 0 Å². The minimum atomic E-state index is -0.211. The predicted octanol–water partition coefficient (Wildman–Crippen LogP) is 2.96. The van der Waals surface area contributed by atoms with Gasteiger partial charge < -0.3 is 20.7 Å². The first-order chi connectivity index (χ1) is 13.0. The number of benzene rings is 2. The Morgan fingerprint density at radius 2 is 1.41 bits per heavy atom. The SMILES string of the molecule is COc1ccccc1NC(=O)CSCC(=O)Nc1ccc(NC(C)=O)cc1. The van der Waals surface area contributed by atoms with Crippen molar-refractivity contribution in [3.05, 3.63) is 48.5 Å². The molecule has 0 radical (unpaired) electrons. The summed E-state index contributed by atoms with van der Waals surface area (Å²) in [5, 5.41) is 8.15. The van der Waals surface area contributed by atoms with E-state index in [1.165, 1.54) is 25.8 Å². The van der Waals surface area contributed by atoms with Gasteiger partial charge in [0.1, 0.15) is 5.75 Å². The molecular formula is C19H21N3O4S. The van der Waals surface area contributed by atoms with Crippen LogP contribution in [0.5, 0.6) is 5.75 Å². The zero-order valence-electron chi connectivity index (χ0n) is 15.1. The van der Waals surface area contributed by atoms with Crippen molar-refractivity contribution in [2.24, 2.45) is 0 Å². The Balaban J connectivity index is 1.74. The van der Waals surface area contributed by atoms with Crippen molar-refractivity contribution in [2.75, 3.05) is 34.6 Å². The van der Waals surface area contributed by atoms with Gasteiger partial charge in [-0.1, -0.05) is 12.1 Å². The molecular weight excluding hydrogens is 366 g/mol. The average Bonchev–Trinajstić information content (AvgIpc) is 2.63. The Labute approximate surface area is 161 Å². The molecule has 0 atom stereocenters. The number of rotatable bonds is 8. The summed E-state index contributed by atoms with van der Waals surface area (Å²) >= 11 is 1.21. The maximum absolute atomic E-state index is 12.0. The van der Waals surface area contributed by atoms with E-state index in [4.69, 9.17) is 4.74 Å². The molecule has 0 spiro atoms. The summed E-state index contributed by atoms with van der Waals surface area (Å²) in [4.78, 5) is 34.9. The second-order valence-corrected chi connectivity index (χ2v) is 6.53. The second-order valence-electron chi connectivity index (χ2n) is 5.55. The largest absolute Gasteiger partial charge is 0.495 e. The first kappa shape index (κ1) is 20.3. The molecule has 7 nitrogen and oxygen atoms in total. The molecule has 3 amide bonds. The lowest BCUT2D eigenvalue weighted by Gasteiger charge is -2.10. The van der Waals surface area contributed by atoms with Crippen LogP contribution in [0, 0.1) is 0 Å². The summed E-state index contributed by atoms with van der Waals surface area (Å²) < 4.78 is 5.18. The molecule has 0 aromatic heterocycles. The lowest BCUT2D eigenvalue weighted by molar-refractivity contribution is -0.115. The number of hydrogen-bond donors (Lipinski definition) is 3. The molecule has 0 saturated carbocycles. The van der Waals surface area contributed by atoms with Crippen LogP contribution in [0.3, 0.4) is 0 Å². The van der Waals surface area contributed by atoms with Crippen LogP contribution < -0.4 is 20.7 Å². The van der Waals surface area contributed by atoms with E-state index in [-0.39, 0.29) is 29.2 Å². The lowest BCUT2D eigenvalue weighted by Crippen LogP contribution is -2.18. The van der Waals surface area contributed by atoms with E-state index in [1.807, 2.05) is 6.07 Å². The van der Waals surface area contributed by atoms with Gasteiger partial charge in [-0.15, -0.1) is 11.8 Å². The van der Waals surface area contributed by atoms with Crippen molar-refractivity contribution in [2.45, 2.75) is 6.92 Å². The van der Waals surface area contributed by atoms with Gasteiger partial charge in [0, 0.05) is 18.3 Å². The molecule has 142 valence electrons. The van der Waals surface area contributed by atoms with Crippen LogP contribution in [0.1, 0.15) is 6.92 Å². The highest BCUT2D eigenvalue weighted by molar-refractivity contribution is 8.00. The molecule has 3 N–H and O–H groups in total. The molecule has 0 bridgehead atoms. The molecule has 2 aromatic carbocycles. The smallest absolute Gasteiger partial charge is 0.234 e. The van der Waals surface area contributed by atoms with Gasteiger partial charge in [-0.3, -0.25) is 14.4 Å². The highest BCUT2D eigenvalue weighted by atomic mass is 32.2. The third-order valence-corrected chi connectivity index (χ3v) is 4.27. The molecule has 0 unspecified atom stereocenters. The van der Waals surface area contributed by atoms with Crippen LogP contribution in [0.25, 0.3) is 0 Å². The zero-order valence-corrected chi connectivity index (χ0v) is 15.9. The first-order valence-electron chi connectivity index (χ1n) is 8.16. The highest BCUT2D eigenvalue weighted by Gasteiger charge is 2.09. The summed E-state index contributed by atoms with van der Waals surface area (Å²) in [5.74, 6) is 0.292. The third-order valence-electron chi connectivity index (χ3n) is 3.34. The molecule has 27 heavy (non-hydrogen) atoms. The van der Waals surface area contributed by atoms with Crippen LogP contribution in [-0.2, 0) is 14.4 Å². The van der Waals surface area contributed by atoms with Gasteiger partial charge in [-0.2, -0.15) is 0 Å². The average molecular weight is 387 g/mol. The maximum Gasteiger partial charge on any atom is 0.234 e. The standard InChI is InChI=1S/C19H21N3O4S/c1-13(23)20-14-7-9-15(10-8-14)21-18(24)11-27-12-19(25)22-16-5-3-4-6-17(16)26-2/h3-10H,11-12H2,1-2H3,(H,20,23)(H,21,24)(H,22,25). The number of para-hydroxylation sites is 2. The Morgan fingerprint density at radius 1 is 0.852 bits per heavy atom. The number of carbonyl (C=O) groups is 3. The lowest BCUT2D eigenvalue weighted by atomic mass is 10.3. The summed E-state index contributed by atoms with van der Waals surface area (Å²) in [7, 11) is 1.53. The number of ether oxygens (including phenoxy) is 1. The van der Waals surface area contributed by atoms with Gasteiger partial charge in [0.05, 0.1) is 24.3 Å². The fourth-order valence-electron chi connectivity index (χ4n) is 2.21. The van der Waals surface area contributed by atoms with Crippen LogP contribution in [-0.4, -0.2) is 36.3 Å². The summed E-state index contributed by atoms with van der Waals surface area (Å²) in [6.45, 7) is 1.43. The molecule has 0 aliphatic heterocycles. The van der Waals surface area contributed by atoms with E-state index in [9.17, 15) is 14.4 Å². The van der Waals surface area contributed by atoms with Gasteiger partial charge in [0.2, 0.25) is 17.7 Å². The number of thioether (sulfide) groups is 1. The van der Waals surface area contributed by atoms with Gasteiger partial charge in [-0.05, 0) is 36.4 Å². The molecule has 0 aliphatic rings. The van der Waals surface area contributed by atoms with Crippen molar-refractivity contribution in [3.63, 3.8) is 0 Å². The van der Waals surface area contributed by atoms with Gasteiger partial charge >= 0.3 is 0 Å². The van der Waals surface area contributed by atoms with Crippen molar-refractivity contribution in [3.8, 4) is 5.75 Å². The fraction of sp³-hybridized carbons (Fsp3) is 0.211. The number of amides is 3. The predicted molar refractivity (Wildman–Crippen MR) is 108 cm³/mol.